The van der Waals surface area contributed by atoms with Crippen LogP contribution in [0.3, 0.4) is 0 Å². The first-order valence-electron chi connectivity index (χ1n) is 7.77. The summed E-state index contributed by atoms with van der Waals surface area (Å²) in [5.41, 5.74) is 6.37. The zero-order valence-electron chi connectivity index (χ0n) is 11.7. The summed E-state index contributed by atoms with van der Waals surface area (Å²) in [7, 11) is 0. The van der Waals surface area contributed by atoms with E-state index in [4.69, 9.17) is 15.2 Å². The molecule has 2 aliphatic rings. The lowest BCUT2D eigenvalue weighted by Gasteiger charge is -2.27. The van der Waals surface area contributed by atoms with Crippen molar-refractivity contribution in [2.45, 2.75) is 75.9 Å². The van der Waals surface area contributed by atoms with Crippen LogP contribution >= 0.6 is 0 Å². The molecule has 1 aliphatic carbocycles. The molecule has 0 spiro atoms. The molecule has 3 nitrogen and oxygen atoms in total. The lowest BCUT2D eigenvalue weighted by atomic mass is 9.93. The van der Waals surface area contributed by atoms with Crippen molar-refractivity contribution >= 4 is 0 Å². The Hall–Kier alpha value is -0.120. The summed E-state index contributed by atoms with van der Waals surface area (Å²) in [4.78, 5) is 0. The molecular weight excluding hydrogens is 226 g/mol. The van der Waals surface area contributed by atoms with Crippen LogP contribution in [0.2, 0.25) is 0 Å². The van der Waals surface area contributed by atoms with Gasteiger partial charge < -0.3 is 15.2 Å². The largest absolute Gasteiger partial charge is 0.380 e. The summed E-state index contributed by atoms with van der Waals surface area (Å²) in [5.74, 6) is 0. The number of ether oxygens (including phenoxy) is 2. The second-order valence-corrected chi connectivity index (χ2v) is 6.11. The second-order valence-electron chi connectivity index (χ2n) is 6.11. The molecule has 1 unspecified atom stereocenters. The number of nitrogens with two attached hydrogens (primary N) is 1. The molecule has 1 heterocycles. The molecule has 18 heavy (non-hydrogen) atoms. The van der Waals surface area contributed by atoms with Crippen LogP contribution in [0.1, 0.15) is 64.2 Å². The van der Waals surface area contributed by atoms with Crippen LogP contribution in [0, 0.1) is 0 Å². The molecule has 2 fully saturated rings. The molecule has 2 N–H and O–H groups in total. The SMILES string of the molecule is NC1(COCCCC2CCCO2)CCCCCC1. The van der Waals surface area contributed by atoms with E-state index in [9.17, 15) is 0 Å². The van der Waals surface area contributed by atoms with Crippen molar-refractivity contribution in [3.8, 4) is 0 Å². The Morgan fingerprint density at radius 1 is 1.11 bits per heavy atom. The third-order valence-corrected chi connectivity index (χ3v) is 4.33. The average Bonchev–Trinajstić information content (AvgIpc) is 2.78. The normalized spacial score (nSPS) is 28.2. The Balaban J connectivity index is 1.53. The molecule has 1 atom stereocenters. The van der Waals surface area contributed by atoms with Gasteiger partial charge in [-0.2, -0.15) is 0 Å². The Bertz CT molecular complexity index is 219. The highest BCUT2D eigenvalue weighted by atomic mass is 16.5. The highest BCUT2D eigenvalue weighted by Gasteiger charge is 2.26. The van der Waals surface area contributed by atoms with Gasteiger partial charge in [0.2, 0.25) is 0 Å². The van der Waals surface area contributed by atoms with E-state index in [1.807, 2.05) is 0 Å². The first-order chi connectivity index (χ1) is 8.79. The summed E-state index contributed by atoms with van der Waals surface area (Å²) in [6.07, 6.45) is 12.7. The Morgan fingerprint density at radius 3 is 2.56 bits per heavy atom. The summed E-state index contributed by atoms with van der Waals surface area (Å²) in [6.45, 7) is 2.55. The van der Waals surface area contributed by atoms with Gasteiger partial charge in [0.15, 0.2) is 0 Å². The molecule has 2 rings (SSSR count). The van der Waals surface area contributed by atoms with Gasteiger partial charge in [-0.3, -0.25) is 0 Å². The lowest BCUT2D eigenvalue weighted by molar-refractivity contribution is 0.0585. The van der Waals surface area contributed by atoms with Crippen LogP contribution in [-0.2, 0) is 9.47 Å². The van der Waals surface area contributed by atoms with E-state index >= 15 is 0 Å². The van der Waals surface area contributed by atoms with Crippen molar-refractivity contribution in [1.29, 1.82) is 0 Å². The van der Waals surface area contributed by atoms with E-state index in [2.05, 4.69) is 0 Å². The number of hydrogen-bond donors (Lipinski definition) is 1. The van der Waals surface area contributed by atoms with E-state index in [0.29, 0.717) is 6.10 Å². The van der Waals surface area contributed by atoms with Gasteiger partial charge in [-0.1, -0.05) is 25.7 Å². The van der Waals surface area contributed by atoms with E-state index in [1.54, 1.807) is 0 Å². The van der Waals surface area contributed by atoms with Crippen molar-refractivity contribution < 1.29 is 9.47 Å². The predicted molar refractivity (Wildman–Crippen MR) is 73.6 cm³/mol. The maximum atomic E-state index is 6.41. The van der Waals surface area contributed by atoms with E-state index in [1.165, 1.54) is 38.5 Å². The Morgan fingerprint density at radius 2 is 1.89 bits per heavy atom. The van der Waals surface area contributed by atoms with Gasteiger partial charge in [-0.25, -0.2) is 0 Å². The quantitative estimate of drug-likeness (QED) is 0.586. The highest BCUT2D eigenvalue weighted by Crippen LogP contribution is 2.25. The first-order valence-corrected chi connectivity index (χ1v) is 7.77. The predicted octanol–water partition coefficient (Wildman–Crippen LogP) is 3.01. The molecule has 3 heteroatoms. The standard InChI is InChI=1S/C15H29NO2/c16-15(9-3-1-2-4-10-15)13-17-11-5-7-14-8-6-12-18-14/h14H,1-13,16H2. The third kappa shape index (κ3) is 4.87. The first kappa shape index (κ1) is 14.3. The minimum Gasteiger partial charge on any atom is -0.380 e. The number of rotatable bonds is 6. The second kappa shape index (κ2) is 7.46. The number of hydrogen-bond acceptors (Lipinski definition) is 3. The van der Waals surface area contributed by atoms with Gasteiger partial charge in [0, 0.05) is 18.8 Å². The van der Waals surface area contributed by atoms with Gasteiger partial charge in [0.1, 0.15) is 0 Å². The van der Waals surface area contributed by atoms with Crippen molar-refractivity contribution in [3.05, 3.63) is 0 Å². The van der Waals surface area contributed by atoms with Gasteiger partial charge in [0.25, 0.3) is 0 Å². The summed E-state index contributed by atoms with van der Waals surface area (Å²) < 4.78 is 11.4. The topological polar surface area (TPSA) is 44.5 Å². The van der Waals surface area contributed by atoms with Crippen LogP contribution < -0.4 is 5.73 Å². The monoisotopic (exact) mass is 255 g/mol. The molecule has 1 aliphatic heterocycles. The van der Waals surface area contributed by atoms with Crippen molar-refractivity contribution in [1.82, 2.24) is 0 Å². The zero-order valence-corrected chi connectivity index (χ0v) is 11.7. The minimum atomic E-state index is -0.0413. The zero-order chi connectivity index (χ0) is 12.7. The fraction of sp³-hybridized carbons (Fsp3) is 1.00. The van der Waals surface area contributed by atoms with Gasteiger partial charge in [-0.15, -0.1) is 0 Å². The van der Waals surface area contributed by atoms with Crippen LogP contribution in [-0.4, -0.2) is 31.5 Å². The molecule has 0 radical (unpaired) electrons. The van der Waals surface area contributed by atoms with Crippen LogP contribution in [0.15, 0.2) is 0 Å². The smallest absolute Gasteiger partial charge is 0.0646 e. The van der Waals surface area contributed by atoms with E-state index in [0.717, 1.165) is 45.5 Å². The molecule has 1 saturated heterocycles. The minimum absolute atomic E-state index is 0.0413. The van der Waals surface area contributed by atoms with Crippen LogP contribution in [0.5, 0.6) is 0 Å². The maximum Gasteiger partial charge on any atom is 0.0646 e. The van der Waals surface area contributed by atoms with Crippen LogP contribution in [0.25, 0.3) is 0 Å². The van der Waals surface area contributed by atoms with E-state index in [-0.39, 0.29) is 5.54 Å². The van der Waals surface area contributed by atoms with Crippen molar-refractivity contribution in [2.24, 2.45) is 5.73 Å². The maximum absolute atomic E-state index is 6.41. The highest BCUT2D eigenvalue weighted by molar-refractivity contribution is 4.85. The molecule has 0 amide bonds. The van der Waals surface area contributed by atoms with Crippen molar-refractivity contribution in [2.75, 3.05) is 19.8 Å². The Labute approximate surface area is 111 Å². The fourth-order valence-corrected chi connectivity index (χ4v) is 3.14. The summed E-state index contributed by atoms with van der Waals surface area (Å²) >= 11 is 0. The van der Waals surface area contributed by atoms with Gasteiger partial charge in [-0.05, 0) is 38.5 Å². The van der Waals surface area contributed by atoms with Crippen molar-refractivity contribution in [3.63, 3.8) is 0 Å². The molecule has 0 bridgehead atoms. The summed E-state index contributed by atoms with van der Waals surface area (Å²) in [6, 6.07) is 0. The van der Waals surface area contributed by atoms with Gasteiger partial charge >= 0.3 is 0 Å². The molecular formula is C15H29NO2. The Kier molecular flexibility index (Phi) is 5.93. The van der Waals surface area contributed by atoms with Gasteiger partial charge in [0.05, 0.1) is 12.7 Å². The third-order valence-electron chi connectivity index (χ3n) is 4.33. The molecule has 0 aromatic heterocycles. The molecule has 106 valence electrons. The summed E-state index contributed by atoms with van der Waals surface area (Å²) in [5, 5.41) is 0. The van der Waals surface area contributed by atoms with E-state index < -0.39 is 0 Å². The lowest BCUT2D eigenvalue weighted by Crippen LogP contribution is -2.44. The fourth-order valence-electron chi connectivity index (χ4n) is 3.14. The molecule has 0 aromatic carbocycles. The molecule has 0 aromatic rings. The molecule has 1 saturated carbocycles. The average molecular weight is 255 g/mol. The van der Waals surface area contributed by atoms with Crippen LogP contribution in [0.4, 0.5) is 0 Å².